The number of unbranched alkanes of at least 4 members (excludes halogenated alkanes) is 1. The quantitative estimate of drug-likeness (QED) is 0.206. The van der Waals surface area contributed by atoms with Gasteiger partial charge >= 0.3 is 11.9 Å². The van der Waals surface area contributed by atoms with Crippen molar-refractivity contribution in [3.8, 4) is 0 Å². The van der Waals surface area contributed by atoms with Crippen molar-refractivity contribution in [1.82, 2.24) is 15.6 Å². The number of esters is 1. The summed E-state index contributed by atoms with van der Waals surface area (Å²) in [6.45, 7) is 5.66. The fourth-order valence-corrected chi connectivity index (χ4v) is 3.41. The number of para-hydroxylation sites is 1. The van der Waals surface area contributed by atoms with Crippen LogP contribution in [0.15, 0.2) is 30.5 Å². The second-order valence-electron chi connectivity index (χ2n) is 8.30. The fourth-order valence-electron chi connectivity index (χ4n) is 3.41. The number of rotatable bonds is 13. The normalized spacial score (nSPS) is 12.8. The van der Waals surface area contributed by atoms with E-state index in [1.54, 1.807) is 20.0 Å². The topological polar surface area (TPSA) is 138 Å². The Hall–Kier alpha value is -3.36. The highest BCUT2D eigenvalue weighted by atomic mass is 16.5. The van der Waals surface area contributed by atoms with E-state index in [4.69, 9.17) is 9.84 Å². The van der Waals surface area contributed by atoms with E-state index in [9.17, 15) is 19.2 Å². The molecule has 0 saturated carbocycles. The Morgan fingerprint density at radius 3 is 2.52 bits per heavy atom. The molecule has 2 atom stereocenters. The molecule has 1 heterocycles. The number of amides is 2. The standard InChI is InChI=1S/C24H33N3O6/c1-4-5-12-33-24(32)18(13-16-14-26-19-9-7-6-8-17(16)19)22(30)27-21(15(2)3)23(31)25-11-10-20(28)29/h6-9,14-15,18,21,26H,4-5,10-13H2,1-3H3,(H,25,31)(H,27,30)(H,28,29). The summed E-state index contributed by atoms with van der Waals surface area (Å²) in [7, 11) is 0. The van der Waals surface area contributed by atoms with Gasteiger partial charge in [0.2, 0.25) is 11.8 Å². The second-order valence-corrected chi connectivity index (χ2v) is 8.30. The minimum Gasteiger partial charge on any atom is -0.481 e. The van der Waals surface area contributed by atoms with Crippen LogP contribution in [0.1, 0.15) is 45.6 Å². The highest BCUT2D eigenvalue weighted by Gasteiger charge is 2.33. The third-order valence-electron chi connectivity index (χ3n) is 5.33. The molecule has 9 heteroatoms. The molecular formula is C24H33N3O6. The number of benzene rings is 1. The Kier molecular flexibility index (Phi) is 9.90. The molecular weight excluding hydrogens is 426 g/mol. The first-order chi connectivity index (χ1) is 15.7. The van der Waals surface area contributed by atoms with Gasteiger partial charge in [0.1, 0.15) is 12.0 Å². The number of H-pyrrole nitrogens is 1. The summed E-state index contributed by atoms with van der Waals surface area (Å²) in [4.78, 5) is 52.4. The predicted molar refractivity (Wildman–Crippen MR) is 123 cm³/mol. The fraction of sp³-hybridized carbons (Fsp3) is 0.500. The van der Waals surface area contributed by atoms with Crippen LogP contribution in [0.3, 0.4) is 0 Å². The van der Waals surface area contributed by atoms with Crippen molar-refractivity contribution in [3.63, 3.8) is 0 Å². The van der Waals surface area contributed by atoms with Gasteiger partial charge in [0.05, 0.1) is 13.0 Å². The number of fused-ring (bicyclic) bond motifs is 1. The van der Waals surface area contributed by atoms with Gasteiger partial charge in [0.15, 0.2) is 0 Å². The largest absolute Gasteiger partial charge is 0.481 e. The number of carbonyl (C=O) groups is 4. The van der Waals surface area contributed by atoms with E-state index in [-0.39, 0.29) is 31.9 Å². The van der Waals surface area contributed by atoms with E-state index in [1.165, 1.54) is 0 Å². The van der Waals surface area contributed by atoms with Crippen LogP contribution in [0.25, 0.3) is 10.9 Å². The predicted octanol–water partition coefficient (Wildman–Crippen LogP) is 2.40. The van der Waals surface area contributed by atoms with Crippen LogP contribution in [0.2, 0.25) is 0 Å². The maximum Gasteiger partial charge on any atom is 0.318 e. The summed E-state index contributed by atoms with van der Waals surface area (Å²) < 4.78 is 5.34. The molecule has 0 aliphatic heterocycles. The molecule has 2 amide bonds. The van der Waals surface area contributed by atoms with Crippen LogP contribution in [0.4, 0.5) is 0 Å². The first-order valence-corrected chi connectivity index (χ1v) is 11.3. The number of hydrogen-bond acceptors (Lipinski definition) is 5. The van der Waals surface area contributed by atoms with Crippen LogP contribution in [-0.4, -0.2) is 53.0 Å². The monoisotopic (exact) mass is 459 g/mol. The average molecular weight is 460 g/mol. The van der Waals surface area contributed by atoms with Crippen LogP contribution < -0.4 is 10.6 Å². The minimum absolute atomic E-state index is 0.0505. The Morgan fingerprint density at radius 1 is 1.12 bits per heavy atom. The molecule has 2 aromatic rings. The van der Waals surface area contributed by atoms with Gasteiger partial charge in [-0.1, -0.05) is 45.4 Å². The van der Waals surface area contributed by atoms with E-state index in [0.29, 0.717) is 6.42 Å². The third kappa shape index (κ3) is 7.62. The average Bonchev–Trinajstić information content (AvgIpc) is 3.18. The molecule has 2 unspecified atom stereocenters. The molecule has 2 rings (SSSR count). The molecule has 0 aliphatic rings. The number of ether oxygens (including phenoxy) is 1. The zero-order chi connectivity index (χ0) is 24.4. The van der Waals surface area contributed by atoms with E-state index in [0.717, 1.165) is 22.9 Å². The van der Waals surface area contributed by atoms with Gasteiger partial charge < -0.3 is 25.5 Å². The van der Waals surface area contributed by atoms with E-state index in [2.05, 4.69) is 15.6 Å². The maximum atomic E-state index is 13.2. The van der Waals surface area contributed by atoms with E-state index >= 15 is 0 Å². The summed E-state index contributed by atoms with van der Waals surface area (Å²) in [6.07, 6.45) is 3.19. The zero-order valence-electron chi connectivity index (χ0n) is 19.3. The number of hydrogen-bond donors (Lipinski definition) is 4. The number of aromatic amines is 1. The van der Waals surface area contributed by atoms with Crippen molar-refractivity contribution in [3.05, 3.63) is 36.0 Å². The number of carboxylic acid groups (broad SMARTS) is 1. The molecule has 0 spiro atoms. The lowest BCUT2D eigenvalue weighted by Gasteiger charge is -2.24. The number of nitrogens with one attached hydrogen (secondary N) is 3. The SMILES string of the molecule is CCCCOC(=O)C(Cc1c[nH]c2ccccc12)C(=O)NC(C(=O)NCCC(=O)O)C(C)C. The summed E-state index contributed by atoms with van der Waals surface area (Å²) in [5, 5.41) is 14.9. The minimum atomic E-state index is -1.13. The summed E-state index contributed by atoms with van der Waals surface area (Å²) >= 11 is 0. The Bertz CT molecular complexity index is 968. The molecule has 0 saturated heterocycles. The van der Waals surface area contributed by atoms with Gasteiger partial charge in [-0.2, -0.15) is 0 Å². The van der Waals surface area contributed by atoms with E-state index < -0.39 is 35.7 Å². The van der Waals surface area contributed by atoms with Crippen LogP contribution in [0, 0.1) is 11.8 Å². The summed E-state index contributed by atoms with van der Waals surface area (Å²) in [5.74, 6) is -4.18. The Morgan fingerprint density at radius 2 is 1.85 bits per heavy atom. The molecule has 33 heavy (non-hydrogen) atoms. The van der Waals surface area contributed by atoms with Gasteiger partial charge in [-0.25, -0.2) is 0 Å². The van der Waals surface area contributed by atoms with Crippen LogP contribution in [0.5, 0.6) is 0 Å². The van der Waals surface area contributed by atoms with Crippen molar-refractivity contribution < 1.29 is 29.0 Å². The van der Waals surface area contributed by atoms with Crippen LogP contribution in [-0.2, 0) is 30.3 Å². The lowest BCUT2D eigenvalue weighted by molar-refractivity contribution is -0.153. The highest BCUT2D eigenvalue weighted by Crippen LogP contribution is 2.22. The van der Waals surface area contributed by atoms with Crippen molar-refractivity contribution in [2.75, 3.05) is 13.2 Å². The third-order valence-corrected chi connectivity index (χ3v) is 5.33. The van der Waals surface area contributed by atoms with E-state index in [1.807, 2.05) is 31.2 Å². The number of aliphatic carboxylic acids is 1. The summed E-state index contributed by atoms with van der Waals surface area (Å²) in [6, 6.07) is 6.67. The maximum absolute atomic E-state index is 13.2. The van der Waals surface area contributed by atoms with Crippen LogP contribution >= 0.6 is 0 Å². The van der Waals surface area contributed by atoms with Gasteiger partial charge in [0, 0.05) is 23.6 Å². The zero-order valence-corrected chi connectivity index (χ0v) is 19.3. The summed E-state index contributed by atoms with van der Waals surface area (Å²) in [5.41, 5.74) is 1.69. The number of aromatic nitrogens is 1. The molecule has 0 fully saturated rings. The Labute approximate surface area is 193 Å². The first-order valence-electron chi connectivity index (χ1n) is 11.3. The van der Waals surface area contributed by atoms with Crippen molar-refractivity contribution in [2.45, 2.75) is 52.5 Å². The lowest BCUT2D eigenvalue weighted by Crippen LogP contribution is -2.52. The smallest absolute Gasteiger partial charge is 0.318 e. The van der Waals surface area contributed by atoms with Gasteiger partial charge in [0.25, 0.3) is 0 Å². The van der Waals surface area contributed by atoms with Gasteiger partial charge in [-0.05, 0) is 30.4 Å². The number of carbonyl (C=O) groups excluding carboxylic acids is 3. The molecule has 0 bridgehead atoms. The molecule has 9 nitrogen and oxygen atoms in total. The molecule has 180 valence electrons. The molecule has 0 aliphatic carbocycles. The molecule has 1 aromatic carbocycles. The van der Waals surface area contributed by atoms with Crippen molar-refractivity contribution in [1.29, 1.82) is 0 Å². The number of carboxylic acids is 1. The molecule has 4 N–H and O–H groups in total. The van der Waals surface area contributed by atoms with Crippen molar-refractivity contribution in [2.24, 2.45) is 11.8 Å². The first kappa shape index (κ1) is 25.9. The molecule has 0 radical (unpaired) electrons. The van der Waals surface area contributed by atoms with Crippen molar-refractivity contribution >= 4 is 34.7 Å². The highest BCUT2D eigenvalue weighted by molar-refractivity contribution is 6.00. The van der Waals surface area contributed by atoms with Gasteiger partial charge in [-0.15, -0.1) is 0 Å². The Balaban J connectivity index is 2.19. The molecule has 1 aromatic heterocycles. The second kappa shape index (κ2) is 12.6. The lowest BCUT2D eigenvalue weighted by atomic mass is 9.96. The van der Waals surface area contributed by atoms with Gasteiger partial charge in [-0.3, -0.25) is 19.2 Å².